The number of hydrogen-bond donors (Lipinski definition) is 0. The Morgan fingerprint density at radius 1 is 0.963 bits per heavy atom. The van der Waals surface area contributed by atoms with Gasteiger partial charge in [0.2, 0.25) is 0 Å². The fourth-order valence-electron chi connectivity index (χ4n) is 3.06. The van der Waals surface area contributed by atoms with Gasteiger partial charge < -0.3 is 14.2 Å². The molecule has 3 nitrogen and oxygen atoms in total. The van der Waals surface area contributed by atoms with Crippen LogP contribution in [0.1, 0.15) is 55.9 Å². The van der Waals surface area contributed by atoms with Crippen LogP contribution in [0.4, 0.5) is 4.39 Å². The maximum absolute atomic E-state index is 14.2. The number of hydrogen-bond acceptors (Lipinski definition) is 3. The highest BCUT2D eigenvalue weighted by Gasteiger charge is 2.15. The number of rotatable bonds is 12. The summed E-state index contributed by atoms with van der Waals surface area (Å²) < 4.78 is 30.4. The van der Waals surface area contributed by atoms with Gasteiger partial charge in [-0.3, -0.25) is 0 Å². The van der Waals surface area contributed by atoms with Gasteiger partial charge in [0.15, 0.2) is 11.6 Å². The number of benzene rings is 2. The Kier molecular flexibility index (Phi) is 9.29. The first-order valence-corrected chi connectivity index (χ1v) is 9.78. The second-order valence-corrected chi connectivity index (χ2v) is 6.66. The average Bonchev–Trinajstić information content (AvgIpc) is 2.68. The molecule has 0 bridgehead atoms. The molecule has 148 valence electrons. The highest BCUT2D eigenvalue weighted by molar-refractivity contribution is 5.31. The average molecular weight is 374 g/mol. The molecule has 2 rings (SSSR count). The Morgan fingerprint density at radius 3 is 2.33 bits per heavy atom. The lowest BCUT2D eigenvalue weighted by molar-refractivity contribution is -0.0729. The summed E-state index contributed by atoms with van der Waals surface area (Å²) in [5.41, 5.74) is 3.27. The van der Waals surface area contributed by atoms with Crippen LogP contribution in [-0.2, 0) is 22.3 Å². The molecule has 0 aromatic heterocycles. The first-order valence-electron chi connectivity index (χ1n) is 9.78. The summed E-state index contributed by atoms with van der Waals surface area (Å²) in [4.78, 5) is 0. The van der Waals surface area contributed by atoms with Gasteiger partial charge in [0, 0.05) is 13.5 Å². The van der Waals surface area contributed by atoms with E-state index in [1.54, 1.807) is 13.2 Å². The van der Waals surface area contributed by atoms with Crippen molar-refractivity contribution in [3.8, 4) is 5.75 Å². The third-order valence-electron chi connectivity index (χ3n) is 4.52. The van der Waals surface area contributed by atoms with E-state index in [4.69, 9.17) is 14.2 Å². The molecule has 2 aromatic rings. The Morgan fingerprint density at radius 2 is 1.70 bits per heavy atom. The summed E-state index contributed by atoms with van der Waals surface area (Å²) in [7, 11) is 1.60. The smallest absolute Gasteiger partial charge is 0.165 e. The molecule has 0 saturated heterocycles. The van der Waals surface area contributed by atoms with Crippen molar-refractivity contribution in [1.82, 2.24) is 0 Å². The molecule has 0 spiro atoms. The van der Waals surface area contributed by atoms with Crippen LogP contribution in [-0.4, -0.2) is 20.5 Å². The number of halogens is 1. The Hall–Kier alpha value is -1.91. The van der Waals surface area contributed by atoms with Crippen molar-refractivity contribution in [1.29, 1.82) is 0 Å². The molecule has 0 amide bonds. The van der Waals surface area contributed by atoms with Crippen LogP contribution in [0.3, 0.4) is 0 Å². The van der Waals surface area contributed by atoms with Crippen LogP contribution in [0.2, 0.25) is 0 Å². The van der Waals surface area contributed by atoms with Gasteiger partial charge in [0.25, 0.3) is 0 Å². The standard InChI is InChI=1S/C23H31FO3/c1-4-6-7-8-18-9-12-20(13-10-18)23(27-17-25-3)16-19-11-14-22(26-5-2)21(24)15-19/h9-15,23H,4-8,16-17H2,1-3H3. The van der Waals surface area contributed by atoms with E-state index in [1.807, 2.05) is 13.0 Å². The third kappa shape index (κ3) is 6.96. The van der Waals surface area contributed by atoms with Gasteiger partial charge in [-0.1, -0.05) is 50.1 Å². The summed E-state index contributed by atoms with van der Waals surface area (Å²) in [5, 5.41) is 0. The zero-order chi connectivity index (χ0) is 19.5. The lowest BCUT2D eigenvalue weighted by Gasteiger charge is -2.19. The fourth-order valence-corrected chi connectivity index (χ4v) is 3.06. The largest absolute Gasteiger partial charge is 0.491 e. The van der Waals surface area contributed by atoms with E-state index < -0.39 is 0 Å². The fraction of sp³-hybridized carbons (Fsp3) is 0.478. The van der Waals surface area contributed by atoms with Crippen molar-refractivity contribution >= 4 is 0 Å². The maximum Gasteiger partial charge on any atom is 0.165 e. The van der Waals surface area contributed by atoms with Crippen molar-refractivity contribution in [2.45, 2.75) is 52.1 Å². The SMILES string of the molecule is CCCCCc1ccc(C(Cc2ccc(OCC)c(F)c2)OCOC)cc1. The normalized spacial score (nSPS) is 12.1. The highest BCUT2D eigenvalue weighted by atomic mass is 19.1. The first-order chi connectivity index (χ1) is 13.2. The zero-order valence-electron chi connectivity index (χ0n) is 16.7. The van der Waals surface area contributed by atoms with Crippen LogP contribution >= 0.6 is 0 Å². The zero-order valence-corrected chi connectivity index (χ0v) is 16.7. The number of methoxy groups -OCH3 is 1. The van der Waals surface area contributed by atoms with Gasteiger partial charge in [-0.25, -0.2) is 4.39 Å². The van der Waals surface area contributed by atoms with E-state index in [-0.39, 0.29) is 24.5 Å². The second kappa shape index (κ2) is 11.7. The molecular formula is C23H31FO3. The molecule has 0 saturated carbocycles. The molecule has 0 aliphatic carbocycles. The molecule has 0 heterocycles. The minimum atomic E-state index is -0.342. The molecule has 0 fully saturated rings. The van der Waals surface area contributed by atoms with Crippen LogP contribution in [0.15, 0.2) is 42.5 Å². The predicted octanol–water partition coefficient (Wildman–Crippen LogP) is 5.86. The number of ether oxygens (including phenoxy) is 3. The second-order valence-electron chi connectivity index (χ2n) is 6.66. The van der Waals surface area contributed by atoms with E-state index in [0.29, 0.717) is 13.0 Å². The summed E-state index contributed by atoms with van der Waals surface area (Å²) in [6.45, 7) is 4.70. The van der Waals surface area contributed by atoms with Gasteiger partial charge in [-0.2, -0.15) is 0 Å². The van der Waals surface area contributed by atoms with E-state index in [0.717, 1.165) is 17.5 Å². The van der Waals surface area contributed by atoms with Crippen LogP contribution < -0.4 is 4.74 Å². The summed E-state index contributed by atoms with van der Waals surface area (Å²) in [5.74, 6) is -0.0573. The Balaban J connectivity index is 2.09. The van der Waals surface area contributed by atoms with Gasteiger partial charge in [-0.05, 0) is 48.6 Å². The van der Waals surface area contributed by atoms with Gasteiger partial charge in [0.05, 0.1) is 12.7 Å². The van der Waals surface area contributed by atoms with Crippen molar-refractivity contribution in [2.24, 2.45) is 0 Å². The van der Waals surface area contributed by atoms with Gasteiger partial charge in [0.1, 0.15) is 6.79 Å². The van der Waals surface area contributed by atoms with Crippen molar-refractivity contribution in [2.75, 3.05) is 20.5 Å². The van der Waals surface area contributed by atoms with Crippen molar-refractivity contribution in [3.05, 3.63) is 65.0 Å². The van der Waals surface area contributed by atoms with E-state index in [9.17, 15) is 4.39 Å². The Labute approximate surface area is 162 Å². The molecule has 1 unspecified atom stereocenters. The topological polar surface area (TPSA) is 27.7 Å². The molecule has 0 N–H and O–H groups in total. The highest BCUT2D eigenvalue weighted by Crippen LogP contribution is 2.26. The van der Waals surface area contributed by atoms with E-state index in [2.05, 4.69) is 31.2 Å². The van der Waals surface area contributed by atoms with Gasteiger partial charge in [-0.15, -0.1) is 0 Å². The van der Waals surface area contributed by atoms with Crippen LogP contribution in [0, 0.1) is 5.82 Å². The third-order valence-corrected chi connectivity index (χ3v) is 4.52. The van der Waals surface area contributed by atoms with Crippen molar-refractivity contribution in [3.63, 3.8) is 0 Å². The van der Waals surface area contributed by atoms with E-state index >= 15 is 0 Å². The maximum atomic E-state index is 14.2. The minimum absolute atomic E-state index is 0.188. The molecule has 0 aliphatic rings. The van der Waals surface area contributed by atoms with Crippen LogP contribution in [0.5, 0.6) is 5.75 Å². The quantitative estimate of drug-likeness (QED) is 0.344. The summed E-state index contributed by atoms with van der Waals surface area (Å²) in [6, 6.07) is 13.6. The monoisotopic (exact) mass is 374 g/mol. The van der Waals surface area contributed by atoms with Crippen LogP contribution in [0.25, 0.3) is 0 Å². The van der Waals surface area contributed by atoms with Crippen molar-refractivity contribution < 1.29 is 18.6 Å². The number of aryl methyl sites for hydroxylation is 1. The predicted molar refractivity (Wildman–Crippen MR) is 107 cm³/mol. The lowest BCUT2D eigenvalue weighted by Crippen LogP contribution is -2.10. The first kappa shape index (κ1) is 21.4. The molecule has 27 heavy (non-hydrogen) atoms. The molecule has 4 heteroatoms. The minimum Gasteiger partial charge on any atom is -0.491 e. The lowest BCUT2D eigenvalue weighted by atomic mass is 9.98. The molecule has 0 radical (unpaired) electrons. The molecule has 1 atom stereocenters. The van der Waals surface area contributed by atoms with E-state index in [1.165, 1.54) is 30.9 Å². The van der Waals surface area contributed by atoms with Gasteiger partial charge >= 0.3 is 0 Å². The Bertz CT molecular complexity index is 670. The summed E-state index contributed by atoms with van der Waals surface area (Å²) >= 11 is 0. The molecule has 0 aliphatic heterocycles. The number of unbranched alkanes of at least 4 members (excludes halogenated alkanes) is 2. The molecular weight excluding hydrogens is 343 g/mol. The summed E-state index contributed by atoms with van der Waals surface area (Å²) in [6.07, 6.45) is 5.18. The molecule has 2 aromatic carbocycles.